The van der Waals surface area contributed by atoms with Crippen LogP contribution in [0.4, 0.5) is 5.69 Å². The average Bonchev–Trinajstić information content (AvgIpc) is 2.78. The van der Waals surface area contributed by atoms with Crippen LogP contribution in [0.15, 0.2) is 83.8 Å². The van der Waals surface area contributed by atoms with Crippen molar-refractivity contribution in [2.75, 3.05) is 12.4 Å². The van der Waals surface area contributed by atoms with E-state index in [1.54, 1.807) is 31.3 Å². The van der Waals surface area contributed by atoms with E-state index in [-0.39, 0.29) is 23.5 Å². The summed E-state index contributed by atoms with van der Waals surface area (Å²) in [4.78, 5) is 13.0. The van der Waals surface area contributed by atoms with E-state index in [4.69, 9.17) is 4.74 Å². The number of rotatable bonds is 8. The van der Waals surface area contributed by atoms with Crippen molar-refractivity contribution >= 4 is 21.6 Å². The zero-order valence-electron chi connectivity index (χ0n) is 17.8. The molecule has 1 N–H and O–H groups in total. The highest BCUT2D eigenvalue weighted by Gasteiger charge is 2.23. The number of hydrogen-bond acceptors (Lipinski definition) is 4. The Morgan fingerprint density at radius 3 is 2.19 bits per heavy atom. The Morgan fingerprint density at radius 2 is 1.55 bits per heavy atom. The number of hydrogen-bond donors (Lipinski definition) is 1. The van der Waals surface area contributed by atoms with Crippen LogP contribution in [0.2, 0.25) is 0 Å². The van der Waals surface area contributed by atoms with Gasteiger partial charge in [-0.1, -0.05) is 36.4 Å². The first kappa shape index (κ1) is 22.5. The maximum Gasteiger partial charge on any atom is 0.256 e. The molecule has 0 bridgehead atoms. The normalized spacial score (nSPS) is 11.5. The number of benzene rings is 3. The van der Waals surface area contributed by atoms with E-state index in [1.165, 1.54) is 16.4 Å². The summed E-state index contributed by atoms with van der Waals surface area (Å²) >= 11 is 0. The Hall–Kier alpha value is -3.16. The second-order valence-corrected chi connectivity index (χ2v) is 9.35. The SMILES string of the molecule is CC(C)N(C)S(=O)(=O)c1ccc(NC(=O)c2ccccc2COc2ccccc2)cc1. The van der Waals surface area contributed by atoms with E-state index in [1.807, 2.05) is 56.3 Å². The molecule has 0 fully saturated rings. The van der Waals surface area contributed by atoms with Crippen molar-refractivity contribution in [3.05, 3.63) is 90.0 Å². The second-order valence-electron chi connectivity index (χ2n) is 7.35. The van der Waals surface area contributed by atoms with Gasteiger partial charge in [0.05, 0.1) is 4.90 Å². The van der Waals surface area contributed by atoms with Crippen molar-refractivity contribution in [3.8, 4) is 5.75 Å². The number of sulfonamides is 1. The monoisotopic (exact) mass is 438 g/mol. The minimum atomic E-state index is -3.57. The average molecular weight is 439 g/mol. The van der Waals surface area contributed by atoms with Gasteiger partial charge >= 0.3 is 0 Å². The Balaban J connectivity index is 1.72. The van der Waals surface area contributed by atoms with Gasteiger partial charge in [0.1, 0.15) is 12.4 Å². The maximum absolute atomic E-state index is 12.8. The van der Waals surface area contributed by atoms with Crippen molar-refractivity contribution in [3.63, 3.8) is 0 Å². The fourth-order valence-corrected chi connectivity index (χ4v) is 4.27. The summed E-state index contributed by atoms with van der Waals surface area (Å²) < 4.78 is 32.3. The minimum absolute atomic E-state index is 0.154. The molecule has 3 aromatic carbocycles. The topological polar surface area (TPSA) is 75.7 Å². The molecule has 0 aliphatic heterocycles. The molecule has 0 heterocycles. The number of nitrogens with zero attached hydrogens (tertiary/aromatic N) is 1. The quantitative estimate of drug-likeness (QED) is 0.560. The Kier molecular flexibility index (Phi) is 7.09. The predicted molar refractivity (Wildman–Crippen MR) is 122 cm³/mol. The standard InChI is InChI=1S/C24H26N2O4S/c1-18(2)26(3)31(28,29)22-15-13-20(14-16-22)25-24(27)23-12-8-7-9-19(23)17-30-21-10-5-4-6-11-21/h4-16,18H,17H2,1-3H3,(H,25,27). The van der Waals surface area contributed by atoms with Gasteiger partial charge in [0.15, 0.2) is 0 Å². The molecule has 3 rings (SSSR count). The van der Waals surface area contributed by atoms with E-state index in [0.29, 0.717) is 11.3 Å². The first-order chi connectivity index (χ1) is 14.8. The molecule has 0 aliphatic carbocycles. The number of amides is 1. The summed E-state index contributed by atoms with van der Waals surface area (Å²) in [5, 5.41) is 2.82. The third-order valence-corrected chi connectivity index (χ3v) is 6.96. The Morgan fingerprint density at radius 1 is 0.935 bits per heavy atom. The van der Waals surface area contributed by atoms with Gasteiger partial charge in [0.2, 0.25) is 10.0 Å². The van der Waals surface area contributed by atoms with Crippen LogP contribution in [0.3, 0.4) is 0 Å². The minimum Gasteiger partial charge on any atom is -0.489 e. The highest BCUT2D eigenvalue weighted by molar-refractivity contribution is 7.89. The molecule has 0 atom stereocenters. The van der Waals surface area contributed by atoms with Gasteiger partial charge in [-0.15, -0.1) is 0 Å². The molecule has 0 radical (unpaired) electrons. The van der Waals surface area contributed by atoms with Crippen LogP contribution in [0.25, 0.3) is 0 Å². The summed E-state index contributed by atoms with van der Waals surface area (Å²) in [7, 11) is -2.03. The molecular weight excluding hydrogens is 412 g/mol. The summed E-state index contributed by atoms with van der Waals surface area (Å²) in [6.07, 6.45) is 0. The van der Waals surface area contributed by atoms with Gasteiger partial charge in [-0.05, 0) is 56.3 Å². The third-order valence-electron chi connectivity index (χ3n) is 4.92. The van der Waals surface area contributed by atoms with E-state index in [2.05, 4.69) is 5.32 Å². The van der Waals surface area contributed by atoms with Gasteiger partial charge in [0, 0.05) is 29.9 Å². The summed E-state index contributed by atoms with van der Waals surface area (Å²) in [5.41, 5.74) is 1.76. The van der Waals surface area contributed by atoms with E-state index in [0.717, 1.165) is 11.3 Å². The Bertz CT molecular complexity index is 1130. The third kappa shape index (κ3) is 5.51. The lowest BCUT2D eigenvalue weighted by atomic mass is 10.1. The molecule has 0 unspecified atom stereocenters. The van der Waals surface area contributed by atoms with E-state index in [9.17, 15) is 13.2 Å². The van der Waals surface area contributed by atoms with Crippen LogP contribution in [-0.4, -0.2) is 31.7 Å². The van der Waals surface area contributed by atoms with Crippen molar-refractivity contribution in [2.24, 2.45) is 0 Å². The van der Waals surface area contributed by atoms with Gasteiger partial charge < -0.3 is 10.1 Å². The molecule has 31 heavy (non-hydrogen) atoms. The van der Waals surface area contributed by atoms with Crippen molar-refractivity contribution < 1.29 is 17.9 Å². The molecule has 3 aromatic rings. The molecule has 1 amide bonds. The second kappa shape index (κ2) is 9.76. The van der Waals surface area contributed by atoms with E-state index >= 15 is 0 Å². The number of carbonyl (C=O) groups excluding carboxylic acids is 1. The van der Waals surface area contributed by atoms with Crippen LogP contribution in [0.5, 0.6) is 5.75 Å². The smallest absolute Gasteiger partial charge is 0.256 e. The van der Waals surface area contributed by atoms with Gasteiger partial charge in [0.25, 0.3) is 5.91 Å². The molecule has 162 valence electrons. The largest absolute Gasteiger partial charge is 0.489 e. The van der Waals surface area contributed by atoms with Crippen molar-refractivity contribution in [1.82, 2.24) is 4.31 Å². The van der Waals surface area contributed by atoms with Crippen molar-refractivity contribution in [2.45, 2.75) is 31.4 Å². The van der Waals surface area contributed by atoms with Crippen LogP contribution >= 0.6 is 0 Å². The van der Waals surface area contributed by atoms with Gasteiger partial charge in [-0.2, -0.15) is 4.31 Å². The number of nitrogens with one attached hydrogen (secondary N) is 1. The van der Waals surface area contributed by atoms with Crippen LogP contribution in [-0.2, 0) is 16.6 Å². The number of ether oxygens (including phenoxy) is 1. The lowest BCUT2D eigenvalue weighted by Gasteiger charge is -2.21. The maximum atomic E-state index is 12.8. The summed E-state index contributed by atoms with van der Waals surface area (Å²) in [6, 6.07) is 22.6. The van der Waals surface area contributed by atoms with Crippen LogP contribution in [0, 0.1) is 0 Å². The fourth-order valence-electron chi connectivity index (χ4n) is 2.90. The van der Waals surface area contributed by atoms with Gasteiger partial charge in [-0.25, -0.2) is 8.42 Å². The first-order valence-corrected chi connectivity index (χ1v) is 11.4. The lowest BCUT2D eigenvalue weighted by Crippen LogP contribution is -2.33. The number of para-hydroxylation sites is 1. The molecule has 6 nitrogen and oxygen atoms in total. The lowest BCUT2D eigenvalue weighted by molar-refractivity contribution is 0.102. The Labute approximate surface area is 183 Å². The molecule has 0 aliphatic rings. The molecule has 0 saturated heterocycles. The predicted octanol–water partition coefficient (Wildman–Crippen LogP) is 4.55. The fraction of sp³-hybridized carbons (Fsp3) is 0.208. The molecular formula is C24H26N2O4S. The van der Waals surface area contributed by atoms with E-state index < -0.39 is 10.0 Å². The highest BCUT2D eigenvalue weighted by Crippen LogP contribution is 2.20. The number of anilines is 1. The molecule has 0 saturated carbocycles. The molecule has 0 aromatic heterocycles. The van der Waals surface area contributed by atoms with Crippen LogP contribution < -0.4 is 10.1 Å². The summed E-state index contributed by atoms with van der Waals surface area (Å²) in [5.74, 6) is 0.433. The zero-order chi connectivity index (χ0) is 22.4. The zero-order valence-corrected chi connectivity index (χ0v) is 18.6. The first-order valence-electron chi connectivity index (χ1n) is 9.94. The highest BCUT2D eigenvalue weighted by atomic mass is 32.2. The molecule has 7 heteroatoms. The van der Waals surface area contributed by atoms with Crippen molar-refractivity contribution in [1.29, 1.82) is 0 Å². The van der Waals surface area contributed by atoms with Crippen LogP contribution in [0.1, 0.15) is 29.8 Å². The summed E-state index contributed by atoms with van der Waals surface area (Å²) in [6.45, 7) is 3.88. The van der Waals surface area contributed by atoms with Gasteiger partial charge in [-0.3, -0.25) is 4.79 Å². The number of carbonyl (C=O) groups is 1. The molecule has 0 spiro atoms.